The van der Waals surface area contributed by atoms with Crippen LogP contribution in [0.1, 0.15) is 23.0 Å². The van der Waals surface area contributed by atoms with Gasteiger partial charge in [-0.2, -0.15) is 0 Å². The van der Waals surface area contributed by atoms with E-state index in [9.17, 15) is 9.59 Å². The van der Waals surface area contributed by atoms with Crippen LogP contribution in [0, 0.1) is 0 Å². The van der Waals surface area contributed by atoms with E-state index >= 15 is 0 Å². The topological polar surface area (TPSA) is 55.4 Å². The molecule has 0 aromatic carbocycles. The molecule has 0 aliphatic heterocycles. The van der Waals surface area contributed by atoms with Gasteiger partial charge in [0.25, 0.3) is 5.91 Å². The first-order chi connectivity index (χ1) is 8.15. The lowest BCUT2D eigenvalue weighted by molar-refractivity contribution is -0.145. The Morgan fingerprint density at radius 3 is 3.00 bits per heavy atom. The van der Waals surface area contributed by atoms with Crippen LogP contribution in [0.5, 0.6) is 0 Å². The summed E-state index contributed by atoms with van der Waals surface area (Å²) in [6.45, 7) is 5.42. The van der Waals surface area contributed by atoms with E-state index in [4.69, 9.17) is 4.74 Å². The largest absolute Gasteiger partial charge is 0.464 e. The molecule has 0 unspecified atom stereocenters. The van der Waals surface area contributed by atoms with E-state index in [1.54, 1.807) is 25.1 Å². The molecule has 1 rings (SSSR count). The predicted molar refractivity (Wildman–Crippen MR) is 67.0 cm³/mol. The number of nitrogens with one attached hydrogen (secondary N) is 1. The smallest absolute Gasteiger partial charge is 0.328 e. The Labute approximate surface area is 104 Å². The van der Waals surface area contributed by atoms with E-state index in [1.165, 1.54) is 11.3 Å². The van der Waals surface area contributed by atoms with Crippen LogP contribution >= 0.6 is 11.3 Å². The Morgan fingerprint density at radius 1 is 1.65 bits per heavy atom. The molecule has 4 nitrogen and oxygen atoms in total. The maximum Gasteiger partial charge on any atom is 0.328 e. The number of hydrogen-bond donors (Lipinski definition) is 1. The molecule has 0 saturated carbocycles. The lowest BCUT2D eigenvalue weighted by Crippen LogP contribution is -2.39. The average Bonchev–Trinajstić information content (AvgIpc) is 2.82. The quantitative estimate of drug-likeness (QED) is 0.479. The molecule has 1 heterocycles. The Kier molecular flexibility index (Phi) is 5.42. The van der Waals surface area contributed by atoms with E-state index in [-0.39, 0.29) is 5.91 Å². The van der Waals surface area contributed by atoms with Crippen molar-refractivity contribution in [1.29, 1.82) is 0 Å². The van der Waals surface area contributed by atoms with Crippen molar-refractivity contribution < 1.29 is 14.3 Å². The molecule has 0 bridgehead atoms. The van der Waals surface area contributed by atoms with Gasteiger partial charge in [-0.25, -0.2) is 4.79 Å². The van der Waals surface area contributed by atoms with Crippen molar-refractivity contribution in [2.75, 3.05) is 6.61 Å². The van der Waals surface area contributed by atoms with Crippen LogP contribution in [0.2, 0.25) is 0 Å². The molecule has 0 aliphatic rings. The van der Waals surface area contributed by atoms with Crippen LogP contribution in [-0.2, 0) is 9.53 Å². The second-order valence-electron chi connectivity index (χ2n) is 3.42. The minimum atomic E-state index is -0.644. The lowest BCUT2D eigenvalue weighted by atomic mass is 10.3. The first-order valence-electron chi connectivity index (χ1n) is 5.27. The highest BCUT2D eigenvalue weighted by molar-refractivity contribution is 7.12. The Bertz CT molecular complexity index is 386. The predicted octanol–water partition coefficient (Wildman–Crippen LogP) is 1.99. The molecule has 92 valence electrons. The number of amides is 1. The van der Waals surface area contributed by atoms with Gasteiger partial charge in [0.1, 0.15) is 6.04 Å². The van der Waals surface area contributed by atoms with Gasteiger partial charge in [0, 0.05) is 0 Å². The standard InChI is InChI=1S/C12H15NO3S/c1-3-4-7-16-12(15)9(2)13-11(14)10-6-5-8-17-10/h3,5-6,8-9H,1,4,7H2,2H3,(H,13,14)/t9-/m1/s1. The maximum absolute atomic E-state index is 11.6. The number of carbonyl (C=O) groups excluding carboxylic acids is 2. The Hall–Kier alpha value is -1.62. The molecule has 0 spiro atoms. The van der Waals surface area contributed by atoms with Crippen LogP contribution in [0.4, 0.5) is 0 Å². The Balaban J connectivity index is 2.38. The molecule has 1 aromatic heterocycles. The highest BCUT2D eigenvalue weighted by Gasteiger charge is 2.17. The molecule has 5 heteroatoms. The average molecular weight is 253 g/mol. The number of thiophene rings is 1. The highest BCUT2D eigenvalue weighted by atomic mass is 32.1. The maximum atomic E-state index is 11.6. The first-order valence-corrected chi connectivity index (χ1v) is 6.15. The third kappa shape index (κ3) is 4.40. The molecule has 1 aromatic rings. The van der Waals surface area contributed by atoms with Gasteiger partial charge in [-0.05, 0) is 24.8 Å². The van der Waals surface area contributed by atoms with E-state index in [0.717, 1.165) is 0 Å². The fourth-order valence-corrected chi connectivity index (χ4v) is 1.73. The van der Waals surface area contributed by atoms with Crippen molar-refractivity contribution in [3.63, 3.8) is 0 Å². The van der Waals surface area contributed by atoms with E-state index in [2.05, 4.69) is 11.9 Å². The van der Waals surface area contributed by atoms with Gasteiger partial charge in [-0.3, -0.25) is 4.79 Å². The van der Waals surface area contributed by atoms with Gasteiger partial charge < -0.3 is 10.1 Å². The van der Waals surface area contributed by atoms with Crippen molar-refractivity contribution >= 4 is 23.2 Å². The van der Waals surface area contributed by atoms with Crippen LogP contribution in [0.15, 0.2) is 30.2 Å². The van der Waals surface area contributed by atoms with Crippen LogP contribution in [0.25, 0.3) is 0 Å². The summed E-state index contributed by atoms with van der Waals surface area (Å²) in [5, 5.41) is 4.39. The summed E-state index contributed by atoms with van der Waals surface area (Å²) in [6.07, 6.45) is 2.28. The molecule has 17 heavy (non-hydrogen) atoms. The van der Waals surface area contributed by atoms with Crippen LogP contribution in [-0.4, -0.2) is 24.5 Å². The van der Waals surface area contributed by atoms with Gasteiger partial charge in [-0.1, -0.05) is 12.1 Å². The highest BCUT2D eigenvalue weighted by Crippen LogP contribution is 2.08. The summed E-state index contributed by atoms with van der Waals surface area (Å²) in [5.41, 5.74) is 0. The minimum absolute atomic E-state index is 0.256. The minimum Gasteiger partial charge on any atom is -0.464 e. The number of carbonyl (C=O) groups is 2. The summed E-state index contributed by atoms with van der Waals surface area (Å²) in [6, 6.07) is 2.84. The monoisotopic (exact) mass is 253 g/mol. The normalized spacial score (nSPS) is 11.6. The van der Waals surface area contributed by atoms with Crippen molar-refractivity contribution in [3.8, 4) is 0 Å². The molecule has 1 amide bonds. The molecule has 0 radical (unpaired) electrons. The molecule has 1 N–H and O–H groups in total. The van der Waals surface area contributed by atoms with Gasteiger partial charge >= 0.3 is 5.97 Å². The number of hydrogen-bond acceptors (Lipinski definition) is 4. The van der Waals surface area contributed by atoms with E-state index < -0.39 is 12.0 Å². The summed E-state index contributed by atoms with van der Waals surface area (Å²) in [5.74, 6) is -0.690. The summed E-state index contributed by atoms with van der Waals surface area (Å²) >= 11 is 1.33. The lowest BCUT2D eigenvalue weighted by Gasteiger charge is -2.12. The summed E-state index contributed by atoms with van der Waals surface area (Å²) < 4.78 is 4.94. The molecular weight excluding hydrogens is 238 g/mol. The fraction of sp³-hybridized carbons (Fsp3) is 0.333. The van der Waals surface area contributed by atoms with Gasteiger partial charge in [-0.15, -0.1) is 17.9 Å². The number of esters is 1. The first kappa shape index (κ1) is 13.4. The molecule has 0 saturated heterocycles. The van der Waals surface area contributed by atoms with E-state index in [1.807, 2.05) is 5.38 Å². The molecule has 0 fully saturated rings. The Morgan fingerprint density at radius 2 is 2.41 bits per heavy atom. The van der Waals surface area contributed by atoms with Crippen LogP contribution < -0.4 is 5.32 Å². The molecule has 1 atom stereocenters. The zero-order valence-corrected chi connectivity index (χ0v) is 10.5. The second kappa shape index (κ2) is 6.85. The number of ether oxygens (including phenoxy) is 1. The third-order valence-electron chi connectivity index (χ3n) is 2.01. The van der Waals surface area contributed by atoms with Crippen LogP contribution in [0.3, 0.4) is 0 Å². The fourth-order valence-electron chi connectivity index (χ4n) is 1.10. The van der Waals surface area contributed by atoms with Crippen molar-refractivity contribution in [1.82, 2.24) is 5.32 Å². The molecule has 0 aliphatic carbocycles. The third-order valence-corrected chi connectivity index (χ3v) is 2.88. The zero-order valence-electron chi connectivity index (χ0n) is 9.64. The van der Waals surface area contributed by atoms with Gasteiger partial charge in [0.05, 0.1) is 11.5 Å². The second-order valence-corrected chi connectivity index (χ2v) is 4.36. The van der Waals surface area contributed by atoms with E-state index in [0.29, 0.717) is 17.9 Å². The van der Waals surface area contributed by atoms with Gasteiger partial charge in [0.15, 0.2) is 0 Å². The molecular formula is C12H15NO3S. The van der Waals surface area contributed by atoms with Crippen molar-refractivity contribution in [3.05, 3.63) is 35.0 Å². The van der Waals surface area contributed by atoms with Crippen molar-refractivity contribution in [2.45, 2.75) is 19.4 Å². The van der Waals surface area contributed by atoms with Gasteiger partial charge in [0.2, 0.25) is 0 Å². The summed E-state index contributed by atoms with van der Waals surface area (Å²) in [4.78, 5) is 23.7. The van der Waals surface area contributed by atoms with Crippen molar-refractivity contribution in [2.24, 2.45) is 0 Å². The zero-order chi connectivity index (χ0) is 12.7. The number of rotatable bonds is 6. The summed E-state index contributed by atoms with van der Waals surface area (Å²) in [7, 11) is 0. The SMILES string of the molecule is C=CCCOC(=O)[C@@H](C)NC(=O)c1cccs1.